The maximum atomic E-state index is 11.6. The van der Waals surface area contributed by atoms with E-state index in [-0.39, 0.29) is 11.9 Å². The molecular formula is C11H15N3O3. The average Bonchev–Trinajstić information content (AvgIpc) is 2.57. The first kappa shape index (κ1) is 11.8. The third kappa shape index (κ3) is 1.96. The molecular weight excluding hydrogens is 222 g/mol. The monoisotopic (exact) mass is 237 g/mol. The molecule has 0 bridgehead atoms. The van der Waals surface area contributed by atoms with E-state index in [1.807, 2.05) is 6.92 Å². The van der Waals surface area contributed by atoms with E-state index in [0.29, 0.717) is 12.0 Å². The molecule has 0 radical (unpaired) electrons. The summed E-state index contributed by atoms with van der Waals surface area (Å²) in [6, 6.07) is 1.49. The highest BCUT2D eigenvalue weighted by atomic mass is 16.5. The predicted octanol–water partition coefficient (Wildman–Crippen LogP) is 0.0500. The Bertz CT molecular complexity index is 497. The Morgan fingerprint density at radius 1 is 1.71 bits per heavy atom. The SMILES string of the molecule is C=C1[C@@H](O)[C@H](n2ccc(N)nc2=O)O[C@@H]1CC. The lowest BCUT2D eigenvalue weighted by Gasteiger charge is -2.16. The quantitative estimate of drug-likeness (QED) is 0.709. The first-order valence-corrected chi connectivity index (χ1v) is 5.41. The van der Waals surface area contributed by atoms with Crippen LogP contribution in [0.2, 0.25) is 0 Å². The summed E-state index contributed by atoms with van der Waals surface area (Å²) >= 11 is 0. The van der Waals surface area contributed by atoms with Crippen molar-refractivity contribution < 1.29 is 9.84 Å². The maximum Gasteiger partial charge on any atom is 0.351 e. The third-order valence-electron chi connectivity index (χ3n) is 2.86. The second-order valence-electron chi connectivity index (χ2n) is 3.99. The van der Waals surface area contributed by atoms with Crippen molar-refractivity contribution in [1.29, 1.82) is 0 Å². The Morgan fingerprint density at radius 3 is 2.94 bits per heavy atom. The van der Waals surface area contributed by atoms with Crippen LogP contribution in [0.5, 0.6) is 0 Å². The molecule has 6 nitrogen and oxygen atoms in total. The second kappa shape index (κ2) is 4.31. The first-order valence-electron chi connectivity index (χ1n) is 5.41. The second-order valence-corrected chi connectivity index (χ2v) is 3.99. The lowest BCUT2D eigenvalue weighted by Crippen LogP contribution is -2.32. The zero-order chi connectivity index (χ0) is 12.6. The van der Waals surface area contributed by atoms with Crippen molar-refractivity contribution in [2.45, 2.75) is 31.8 Å². The molecule has 2 rings (SSSR count). The average molecular weight is 237 g/mol. The van der Waals surface area contributed by atoms with E-state index in [2.05, 4.69) is 11.6 Å². The van der Waals surface area contributed by atoms with Gasteiger partial charge in [0, 0.05) is 6.20 Å². The van der Waals surface area contributed by atoms with Crippen LogP contribution in [0.1, 0.15) is 19.6 Å². The summed E-state index contributed by atoms with van der Waals surface area (Å²) in [7, 11) is 0. The van der Waals surface area contributed by atoms with Gasteiger partial charge in [-0.25, -0.2) is 4.79 Å². The number of aromatic nitrogens is 2. The fourth-order valence-electron chi connectivity index (χ4n) is 1.90. The molecule has 0 saturated carbocycles. The Kier molecular flexibility index (Phi) is 2.99. The number of nitrogen functional groups attached to an aromatic ring is 1. The van der Waals surface area contributed by atoms with Gasteiger partial charge in [-0.3, -0.25) is 4.57 Å². The minimum Gasteiger partial charge on any atom is -0.384 e. The standard InChI is InChI=1S/C11H15N3O3/c1-3-7-6(2)9(15)10(17-7)14-5-4-8(12)13-11(14)16/h4-5,7,9-10,15H,2-3H2,1H3,(H2,12,13,16)/t7-,9-,10-/m1/s1. The number of hydrogen-bond acceptors (Lipinski definition) is 5. The van der Waals surface area contributed by atoms with Crippen LogP contribution in [0.25, 0.3) is 0 Å². The van der Waals surface area contributed by atoms with Gasteiger partial charge in [0.1, 0.15) is 11.9 Å². The molecule has 1 aromatic heterocycles. The number of hydrogen-bond donors (Lipinski definition) is 2. The number of ether oxygens (including phenoxy) is 1. The molecule has 1 aliphatic heterocycles. The lowest BCUT2D eigenvalue weighted by atomic mass is 10.1. The number of rotatable bonds is 2. The fourth-order valence-corrected chi connectivity index (χ4v) is 1.90. The summed E-state index contributed by atoms with van der Waals surface area (Å²) in [4.78, 5) is 15.2. The van der Waals surface area contributed by atoms with E-state index in [0.717, 1.165) is 0 Å². The molecule has 0 amide bonds. The van der Waals surface area contributed by atoms with E-state index >= 15 is 0 Å². The molecule has 1 saturated heterocycles. The van der Waals surface area contributed by atoms with E-state index < -0.39 is 18.0 Å². The normalized spacial score (nSPS) is 28.6. The summed E-state index contributed by atoms with van der Waals surface area (Å²) in [5.41, 5.74) is 5.44. The van der Waals surface area contributed by atoms with Crippen molar-refractivity contribution in [3.8, 4) is 0 Å². The van der Waals surface area contributed by atoms with Crippen molar-refractivity contribution in [2.75, 3.05) is 5.73 Å². The number of nitrogens with two attached hydrogens (primary N) is 1. The van der Waals surface area contributed by atoms with E-state index in [1.165, 1.54) is 16.8 Å². The van der Waals surface area contributed by atoms with Crippen LogP contribution in [0.15, 0.2) is 29.2 Å². The molecule has 17 heavy (non-hydrogen) atoms. The van der Waals surface area contributed by atoms with Gasteiger partial charge in [0.05, 0.1) is 6.10 Å². The Morgan fingerprint density at radius 2 is 2.41 bits per heavy atom. The largest absolute Gasteiger partial charge is 0.384 e. The fraction of sp³-hybridized carbons (Fsp3) is 0.455. The van der Waals surface area contributed by atoms with Gasteiger partial charge < -0.3 is 15.6 Å². The van der Waals surface area contributed by atoms with Gasteiger partial charge in [0.25, 0.3) is 0 Å². The van der Waals surface area contributed by atoms with Gasteiger partial charge in [-0.05, 0) is 18.1 Å². The van der Waals surface area contributed by atoms with Crippen molar-refractivity contribution in [2.24, 2.45) is 0 Å². The van der Waals surface area contributed by atoms with Crippen molar-refractivity contribution in [3.05, 3.63) is 34.9 Å². The molecule has 1 aromatic rings. The van der Waals surface area contributed by atoms with Crippen molar-refractivity contribution in [1.82, 2.24) is 9.55 Å². The Labute approximate surface area is 98.3 Å². The van der Waals surface area contributed by atoms with Gasteiger partial charge in [0.15, 0.2) is 6.23 Å². The van der Waals surface area contributed by atoms with Crippen LogP contribution in [-0.4, -0.2) is 26.9 Å². The number of aliphatic hydroxyl groups is 1. The molecule has 3 N–H and O–H groups in total. The summed E-state index contributed by atoms with van der Waals surface area (Å²) in [5, 5.41) is 9.96. The minimum atomic E-state index is -0.900. The molecule has 6 heteroatoms. The zero-order valence-corrected chi connectivity index (χ0v) is 9.54. The molecule has 0 aromatic carbocycles. The summed E-state index contributed by atoms with van der Waals surface area (Å²) in [6.07, 6.45) is 0.253. The zero-order valence-electron chi connectivity index (χ0n) is 9.54. The summed E-state index contributed by atoms with van der Waals surface area (Å²) in [6.45, 7) is 5.70. The number of nitrogens with zero attached hydrogens (tertiary/aromatic N) is 2. The summed E-state index contributed by atoms with van der Waals surface area (Å²) < 4.78 is 6.80. The maximum absolute atomic E-state index is 11.6. The molecule has 0 aliphatic carbocycles. The van der Waals surface area contributed by atoms with E-state index in [1.54, 1.807) is 0 Å². The third-order valence-corrected chi connectivity index (χ3v) is 2.86. The number of anilines is 1. The van der Waals surface area contributed by atoms with Crippen LogP contribution < -0.4 is 11.4 Å². The molecule has 3 atom stereocenters. The predicted molar refractivity (Wildman–Crippen MR) is 62.3 cm³/mol. The van der Waals surface area contributed by atoms with Crippen LogP contribution in [0, 0.1) is 0 Å². The van der Waals surface area contributed by atoms with Gasteiger partial charge in [-0.2, -0.15) is 4.98 Å². The first-order chi connectivity index (χ1) is 8.04. The van der Waals surface area contributed by atoms with Crippen LogP contribution >= 0.6 is 0 Å². The van der Waals surface area contributed by atoms with Gasteiger partial charge in [-0.15, -0.1) is 0 Å². The van der Waals surface area contributed by atoms with Crippen molar-refractivity contribution in [3.63, 3.8) is 0 Å². The lowest BCUT2D eigenvalue weighted by molar-refractivity contribution is -0.0403. The molecule has 1 fully saturated rings. The molecule has 2 heterocycles. The molecule has 92 valence electrons. The molecule has 0 unspecified atom stereocenters. The summed E-state index contributed by atoms with van der Waals surface area (Å²) in [5.74, 6) is 0.143. The topological polar surface area (TPSA) is 90.4 Å². The van der Waals surface area contributed by atoms with Gasteiger partial charge in [0.2, 0.25) is 0 Å². The van der Waals surface area contributed by atoms with Crippen LogP contribution in [-0.2, 0) is 4.74 Å². The smallest absolute Gasteiger partial charge is 0.351 e. The van der Waals surface area contributed by atoms with Gasteiger partial charge in [-0.1, -0.05) is 13.5 Å². The minimum absolute atomic E-state index is 0.143. The van der Waals surface area contributed by atoms with Crippen molar-refractivity contribution >= 4 is 5.82 Å². The molecule has 1 aliphatic rings. The Balaban J connectivity index is 2.35. The van der Waals surface area contributed by atoms with E-state index in [9.17, 15) is 9.90 Å². The van der Waals surface area contributed by atoms with Crippen LogP contribution in [0.4, 0.5) is 5.82 Å². The van der Waals surface area contributed by atoms with E-state index in [4.69, 9.17) is 10.5 Å². The van der Waals surface area contributed by atoms with Crippen LogP contribution in [0.3, 0.4) is 0 Å². The number of aliphatic hydroxyl groups excluding tert-OH is 1. The highest BCUT2D eigenvalue weighted by Gasteiger charge is 2.38. The molecule has 0 spiro atoms. The Hall–Kier alpha value is -1.66. The highest BCUT2D eigenvalue weighted by molar-refractivity contribution is 5.24. The van der Waals surface area contributed by atoms with Gasteiger partial charge >= 0.3 is 5.69 Å². The highest BCUT2D eigenvalue weighted by Crippen LogP contribution is 2.32.